The molecular formula is C15H17N3O. The van der Waals surface area contributed by atoms with E-state index in [-0.39, 0.29) is 5.91 Å². The van der Waals surface area contributed by atoms with E-state index in [4.69, 9.17) is 0 Å². The second-order valence-corrected chi connectivity index (χ2v) is 4.45. The highest BCUT2D eigenvalue weighted by Crippen LogP contribution is 2.17. The van der Waals surface area contributed by atoms with Crippen LogP contribution in [0.4, 0.5) is 11.5 Å². The van der Waals surface area contributed by atoms with Gasteiger partial charge in [-0.15, -0.1) is 0 Å². The molecule has 2 rings (SSSR count). The van der Waals surface area contributed by atoms with E-state index in [1.54, 1.807) is 25.4 Å². The monoisotopic (exact) mass is 255 g/mol. The maximum Gasteiger partial charge on any atom is 0.255 e. The van der Waals surface area contributed by atoms with Crippen molar-refractivity contribution in [1.29, 1.82) is 0 Å². The van der Waals surface area contributed by atoms with Gasteiger partial charge < -0.3 is 10.6 Å². The number of rotatable bonds is 3. The van der Waals surface area contributed by atoms with E-state index in [0.29, 0.717) is 11.4 Å². The number of hydrogen-bond acceptors (Lipinski definition) is 3. The third-order valence-corrected chi connectivity index (χ3v) is 2.92. The second-order valence-electron chi connectivity index (χ2n) is 4.45. The van der Waals surface area contributed by atoms with Gasteiger partial charge in [-0.3, -0.25) is 4.79 Å². The van der Waals surface area contributed by atoms with Gasteiger partial charge in [-0.05, 0) is 43.2 Å². The molecule has 0 aliphatic heterocycles. The van der Waals surface area contributed by atoms with Crippen molar-refractivity contribution in [3.8, 4) is 0 Å². The van der Waals surface area contributed by atoms with Gasteiger partial charge in [0.05, 0.1) is 0 Å². The van der Waals surface area contributed by atoms with Crippen LogP contribution in [0, 0.1) is 13.8 Å². The molecular weight excluding hydrogens is 238 g/mol. The van der Waals surface area contributed by atoms with Gasteiger partial charge in [0.2, 0.25) is 0 Å². The summed E-state index contributed by atoms with van der Waals surface area (Å²) in [6.07, 6.45) is 1.61. The molecule has 2 aromatic rings. The van der Waals surface area contributed by atoms with Crippen molar-refractivity contribution in [1.82, 2.24) is 4.98 Å². The highest BCUT2D eigenvalue weighted by molar-refractivity contribution is 6.05. The number of hydrogen-bond donors (Lipinski definition) is 2. The Morgan fingerprint density at radius 2 is 1.95 bits per heavy atom. The molecule has 0 bridgehead atoms. The zero-order chi connectivity index (χ0) is 13.8. The van der Waals surface area contributed by atoms with Crippen LogP contribution in [0.5, 0.6) is 0 Å². The van der Waals surface area contributed by atoms with Gasteiger partial charge in [0.15, 0.2) is 0 Å². The summed E-state index contributed by atoms with van der Waals surface area (Å²) in [6, 6.07) is 9.40. The Bertz CT molecular complexity index is 608. The fourth-order valence-electron chi connectivity index (χ4n) is 1.77. The second kappa shape index (κ2) is 5.52. The minimum atomic E-state index is -0.132. The summed E-state index contributed by atoms with van der Waals surface area (Å²) in [5, 5.41) is 5.84. The molecule has 1 heterocycles. The number of nitrogens with one attached hydrogen (secondary N) is 2. The summed E-state index contributed by atoms with van der Waals surface area (Å²) in [5.41, 5.74) is 3.58. The van der Waals surface area contributed by atoms with Crippen molar-refractivity contribution in [2.75, 3.05) is 17.7 Å². The van der Waals surface area contributed by atoms with E-state index in [1.165, 1.54) is 0 Å². The number of amides is 1. The Balaban J connectivity index is 2.22. The number of aromatic nitrogens is 1. The minimum absolute atomic E-state index is 0.132. The number of pyridine rings is 1. The first-order valence-corrected chi connectivity index (χ1v) is 6.12. The normalized spacial score (nSPS) is 10.1. The molecule has 0 spiro atoms. The summed E-state index contributed by atoms with van der Waals surface area (Å²) in [7, 11) is 1.77. The Kier molecular flexibility index (Phi) is 3.80. The Labute approximate surface area is 112 Å². The average molecular weight is 255 g/mol. The summed E-state index contributed by atoms with van der Waals surface area (Å²) in [6.45, 7) is 3.97. The number of aryl methyl sites for hydroxylation is 2. The van der Waals surface area contributed by atoms with Gasteiger partial charge in [0, 0.05) is 24.5 Å². The molecule has 0 unspecified atom stereocenters. The Morgan fingerprint density at radius 1 is 1.16 bits per heavy atom. The lowest BCUT2D eigenvalue weighted by atomic mass is 10.1. The molecule has 1 aromatic carbocycles. The van der Waals surface area contributed by atoms with Gasteiger partial charge in [-0.25, -0.2) is 4.98 Å². The third kappa shape index (κ3) is 3.10. The molecule has 0 atom stereocenters. The van der Waals surface area contributed by atoms with Crippen LogP contribution < -0.4 is 10.6 Å². The fraction of sp³-hybridized carbons (Fsp3) is 0.200. The largest absolute Gasteiger partial charge is 0.373 e. The summed E-state index contributed by atoms with van der Waals surface area (Å²) in [4.78, 5) is 16.3. The molecule has 0 saturated carbocycles. The minimum Gasteiger partial charge on any atom is -0.373 e. The smallest absolute Gasteiger partial charge is 0.255 e. The van der Waals surface area contributed by atoms with Gasteiger partial charge >= 0.3 is 0 Å². The lowest BCUT2D eigenvalue weighted by Gasteiger charge is -2.10. The van der Waals surface area contributed by atoms with Crippen LogP contribution in [0.1, 0.15) is 21.5 Å². The highest BCUT2D eigenvalue weighted by Gasteiger charge is 2.08. The molecule has 1 aromatic heterocycles. The van der Waals surface area contributed by atoms with Crippen molar-refractivity contribution in [2.45, 2.75) is 13.8 Å². The lowest BCUT2D eigenvalue weighted by Crippen LogP contribution is -2.13. The van der Waals surface area contributed by atoms with Crippen LogP contribution in [0.15, 0.2) is 36.5 Å². The van der Waals surface area contributed by atoms with Crippen LogP contribution >= 0.6 is 0 Å². The summed E-state index contributed by atoms with van der Waals surface area (Å²) >= 11 is 0. The molecule has 98 valence electrons. The van der Waals surface area contributed by atoms with Crippen molar-refractivity contribution >= 4 is 17.4 Å². The Hall–Kier alpha value is -2.36. The predicted octanol–water partition coefficient (Wildman–Crippen LogP) is 2.99. The molecule has 0 aliphatic carbocycles. The van der Waals surface area contributed by atoms with E-state index in [2.05, 4.69) is 15.6 Å². The molecule has 4 nitrogen and oxygen atoms in total. The van der Waals surface area contributed by atoms with Crippen LogP contribution in [-0.2, 0) is 0 Å². The summed E-state index contributed by atoms with van der Waals surface area (Å²) in [5.74, 6) is 0.543. The maximum absolute atomic E-state index is 12.2. The van der Waals surface area contributed by atoms with Crippen LogP contribution in [0.25, 0.3) is 0 Å². The van der Waals surface area contributed by atoms with Gasteiger partial charge in [0.1, 0.15) is 5.82 Å². The first-order chi connectivity index (χ1) is 9.10. The average Bonchev–Trinajstić information content (AvgIpc) is 2.43. The Morgan fingerprint density at radius 3 is 2.68 bits per heavy atom. The topological polar surface area (TPSA) is 54.0 Å². The molecule has 0 aliphatic rings. The molecule has 4 heteroatoms. The summed E-state index contributed by atoms with van der Waals surface area (Å²) < 4.78 is 0. The van der Waals surface area contributed by atoms with Crippen molar-refractivity contribution in [2.24, 2.45) is 0 Å². The molecule has 19 heavy (non-hydrogen) atoms. The van der Waals surface area contributed by atoms with Crippen LogP contribution in [-0.4, -0.2) is 17.9 Å². The molecule has 0 saturated heterocycles. The number of nitrogens with zero attached hydrogens (tertiary/aromatic N) is 1. The van der Waals surface area contributed by atoms with E-state index in [9.17, 15) is 4.79 Å². The lowest BCUT2D eigenvalue weighted by molar-refractivity contribution is 0.102. The molecule has 0 radical (unpaired) electrons. The quantitative estimate of drug-likeness (QED) is 0.886. The van der Waals surface area contributed by atoms with E-state index >= 15 is 0 Å². The first kappa shape index (κ1) is 13.1. The van der Waals surface area contributed by atoms with E-state index in [1.807, 2.05) is 32.0 Å². The van der Waals surface area contributed by atoms with Gasteiger partial charge in [-0.2, -0.15) is 0 Å². The standard InChI is InChI=1S/C15H17N3O/c1-10-4-5-11(2)13(8-10)18-15(19)12-6-7-17-14(9-12)16-3/h4-9H,1-3H3,(H,16,17)(H,18,19). The van der Waals surface area contributed by atoms with Crippen molar-refractivity contribution < 1.29 is 4.79 Å². The maximum atomic E-state index is 12.2. The van der Waals surface area contributed by atoms with Crippen LogP contribution in [0.2, 0.25) is 0 Å². The number of carbonyl (C=O) groups excluding carboxylic acids is 1. The predicted molar refractivity (Wildman–Crippen MR) is 77.7 cm³/mol. The van der Waals surface area contributed by atoms with Gasteiger partial charge in [0.25, 0.3) is 5.91 Å². The van der Waals surface area contributed by atoms with Gasteiger partial charge in [-0.1, -0.05) is 12.1 Å². The van der Waals surface area contributed by atoms with Crippen molar-refractivity contribution in [3.63, 3.8) is 0 Å². The molecule has 0 fully saturated rings. The SMILES string of the molecule is CNc1cc(C(=O)Nc2cc(C)ccc2C)ccn1. The molecule has 1 amide bonds. The van der Waals surface area contributed by atoms with E-state index in [0.717, 1.165) is 16.8 Å². The highest BCUT2D eigenvalue weighted by atomic mass is 16.1. The first-order valence-electron chi connectivity index (χ1n) is 6.12. The number of anilines is 2. The number of benzene rings is 1. The molecule has 2 N–H and O–H groups in total. The third-order valence-electron chi connectivity index (χ3n) is 2.92. The van der Waals surface area contributed by atoms with E-state index < -0.39 is 0 Å². The zero-order valence-corrected chi connectivity index (χ0v) is 11.3. The zero-order valence-electron chi connectivity index (χ0n) is 11.3. The fourth-order valence-corrected chi connectivity index (χ4v) is 1.77. The van der Waals surface area contributed by atoms with Crippen molar-refractivity contribution in [3.05, 3.63) is 53.2 Å². The number of carbonyl (C=O) groups is 1. The van der Waals surface area contributed by atoms with Crippen LogP contribution in [0.3, 0.4) is 0 Å².